The molecule has 0 amide bonds. The summed E-state index contributed by atoms with van der Waals surface area (Å²) in [6.45, 7) is 0. The van der Waals surface area contributed by atoms with Gasteiger partial charge in [0.2, 0.25) is 0 Å². The van der Waals surface area contributed by atoms with Gasteiger partial charge in [0.25, 0.3) is 0 Å². The number of benzene rings is 1. The van der Waals surface area contributed by atoms with Crippen LogP contribution in [0.2, 0.25) is 0 Å². The number of rotatable bonds is 1. The van der Waals surface area contributed by atoms with Gasteiger partial charge in [0.05, 0.1) is 18.2 Å². The van der Waals surface area contributed by atoms with Crippen molar-refractivity contribution in [1.82, 2.24) is 10.2 Å². The fraction of sp³-hybridized carbons (Fsp3) is 0.0769. The zero-order chi connectivity index (χ0) is 11.2. The molecule has 2 aromatic rings. The second-order valence-corrected chi connectivity index (χ2v) is 3.15. The van der Waals surface area contributed by atoms with Gasteiger partial charge in [-0.05, 0) is 12.1 Å². The quantitative estimate of drug-likeness (QED) is 0.730. The predicted molar refractivity (Wildman–Crippen MR) is 61.1 cm³/mol. The molecule has 1 heterocycles. The van der Waals surface area contributed by atoms with Gasteiger partial charge in [-0.3, -0.25) is 5.10 Å². The number of nitrogens with one attached hydrogen (secondary N) is 1. The van der Waals surface area contributed by atoms with Gasteiger partial charge in [-0.2, -0.15) is 10.4 Å². The van der Waals surface area contributed by atoms with Crippen molar-refractivity contribution in [3.63, 3.8) is 0 Å². The Kier molecular flexibility index (Phi) is 3.01. The molecule has 0 bridgehead atoms. The molecule has 0 aliphatic rings. The molecule has 0 saturated heterocycles. The average molecular weight is 207 g/mol. The lowest BCUT2D eigenvalue weighted by atomic mass is 10.1. The molecule has 3 heteroatoms. The van der Waals surface area contributed by atoms with Gasteiger partial charge in [0.15, 0.2) is 0 Å². The first-order valence-electron chi connectivity index (χ1n) is 4.86. The third-order valence-corrected chi connectivity index (χ3v) is 2.11. The van der Waals surface area contributed by atoms with Crippen LogP contribution in [0.1, 0.15) is 12.0 Å². The smallest absolute Gasteiger partial charge is 0.0966 e. The summed E-state index contributed by atoms with van der Waals surface area (Å²) in [4.78, 5) is 0. The SMILES string of the molecule is N#CCC#Cc1ccccc1-c1ccn[nH]1. The van der Waals surface area contributed by atoms with Crippen LogP contribution < -0.4 is 0 Å². The van der Waals surface area contributed by atoms with E-state index >= 15 is 0 Å². The van der Waals surface area contributed by atoms with Crippen LogP contribution in [0, 0.1) is 23.2 Å². The molecule has 2 rings (SSSR count). The Morgan fingerprint density at radius 3 is 2.88 bits per heavy atom. The van der Waals surface area contributed by atoms with Crippen LogP contribution in [0.4, 0.5) is 0 Å². The standard InChI is InChI=1S/C13H9N3/c14-9-4-3-6-11-5-1-2-7-12(11)13-8-10-15-16-13/h1-2,5,7-8,10H,4H2,(H,15,16). The Balaban J connectivity index is 2.41. The highest BCUT2D eigenvalue weighted by Gasteiger charge is 2.02. The van der Waals surface area contributed by atoms with Gasteiger partial charge < -0.3 is 0 Å². The maximum Gasteiger partial charge on any atom is 0.0966 e. The van der Waals surface area contributed by atoms with Crippen LogP contribution in [0.3, 0.4) is 0 Å². The highest BCUT2D eigenvalue weighted by molar-refractivity contribution is 5.67. The first-order valence-corrected chi connectivity index (χ1v) is 4.86. The van der Waals surface area contributed by atoms with E-state index in [2.05, 4.69) is 22.0 Å². The van der Waals surface area contributed by atoms with E-state index in [1.165, 1.54) is 0 Å². The number of hydrogen-bond donors (Lipinski definition) is 1. The Labute approximate surface area is 93.7 Å². The third-order valence-electron chi connectivity index (χ3n) is 2.11. The van der Waals surface area contributed by atoms with Gasteiger partial charge in [0, 0.05) is 17.3 Å². The lowest BCUT2D eigenvalue weighted by Gasteiger charge is -2.00. The predicted octanol–water partition coefficient (Wildman–Crippen LogP) is 2.34. The van der Waals surface area contributed by atoms with Crippen molar-refractivity contribution >= 4 is 0 Å². The molecule has 3 nitrogen and oxygen atoms in total. The second kappa shape index (κ2) is 4.82. The summed E-state index contributed by atoms with van der Waals surface area (Å²) in [6, 6.07) is 11.7. The number of hydrogen-bond acceptors (Lipinski definition) is 2. The molecule has 0 spiro atoms. The van der Waals surface area contributed by atoms with Gasteiger partial charge in [-0.1, -0.05) is 30.0 Å². The van der Waals surface area contributed by atoms with E-state index in [4.69, 9.17) is 5.26 Å². The molecule has 0 radical (unpaired) electrons. The molecule has 0 aliphatic heterocycles. The molecule has 0 saturated carbocycles. The summed E-state index contributed by atoms with van der Waals surface area (Å²) in [7, 11) is 0. The zero-order valence-corrected chi connectivity index (χ0v) is 8.57. The van der Waals surface area contributed by atoms with Crippen LogP contribution in [0.5, 0.6) is 0 Å². The van der Waals surface area contributed by atoms with Crippen molar-refractivity contribution in [2.75, 3.05) is 0 Å². The molecule has 0 atom stereocenters. The maximum absolute atomic E-state index is 8.43. The van der Waals surface area contributed by atoms with Crippen LogP contribution in [-0.2, 0) is 0 Å². The van der Waals surface area contributed by atoms with Gasteiger partial charge in [-0.15, -0.1) is 0 Å². The third kappa shape index (κ3) is 2.10. The summed E-state index contributed by atoms with van der Waals surface area (Å²) in [5, 5.41) is 15.2. The number of aromatic amines is 1. The monoisotopic (exact) mass is 207 g/mol. The Hall–Kier alpha value is -2.52. The van der Waals surface area contributed by atoms with E-state index in [-0.39, 0.29) is 6.42 Å². The summed E-state index contributed by atoms with van der Waals surface area (Å²) in [6.07, 6.45) is 1.95. The summed E-state index contributed by atoms with van der Waals surface area (Å²) in [5.41, 5.74) is 2.84. The molecule has 76 valence electrons. The van der Waals surface area contributed by atoms with E-state index in [0.717, 1.165) is 16.8 Å². The van der Waals surface area contributed by atoms with Gasteiger partial charge in [-0.25, -0.2) is 0 Å². The minimum atomic E-state index is 0.247. The lowest BCUT2D eigenvalue weighted by Crippen LogP contribution is -1.84. The van der Waals surface area contributed by atoms with Crippen molar-refractivity contribution in [3.8, 4) is 29.2 Å². The van der Waals surface area contributed by atoms with Crippen molar-refractivity contribution in [2.45, 2.75) is 6.42 Å². The molecule has 16 heavy (non-hydrogen) atoms. The summed E-state index contributed by atoms with van der Waals surface area (Å²) < 4.78 is 0. The van der Waals surface area contributed by atoms with Crippen molar-refractivity contribution < 1.29 is 0 Å². The first-order chi connectivity index (χ1) is 7.92. The molecule has 1 aromatic carbocycles. The number of aromatic nitrogens is 2. The average Bonchev–Trinajstić information content (AvgIpc) is 2.83. The maximum atomic E-state index is 8.43. The topological polar surface area (TPSA) is 52.5 Å². The molecule has 0 unspecified atom stereocenters. The normalized spacial score (nSPS) is 8.94. The Bertz CT molecular complexity index is 565. The van der Waals surface area contributed by atoms with Crippen LogP contribution >= 0.6 is 0 Å². The number of H-pyrrole nitrogens is 1. The Morgan fingerprint density at radius 2 is 2.12 bits per heavy atom. The second-order valence-electron chi connectivity index (χ2n) is 3.15. The van der Waals surface area contributed by atoms with Gasteiger partial charge in [0.1, 0.15) is 0 Å². The van der Waals surface area contributed by atoms with E-state index in [0.29, 0.717) is 0 Å². The number of nitriles is 1. The van der Waals surface area contributed by atoms with E-state index in [9.17, 15) is 0 Å². The fourth-order valence-corrected chi connectivity index (χ4v) is 1.41. The molecule has 1 aromatic heterocycles. The van der Waals surface area contributed by atoms with E-state index in [1.807, 2.05) is 36.4 Å². The van der Waals surface area contributed by atoms with Crippen molar-refractivity contribution in [1.29, 1.82) is 5.26 Å². The molecule has 0 fully saturated rings. The summed E-state index contributed by atoms with van der Waals surface area (Å²) in [5.74, 6) is 5.79. The fourth-order valence-electron chi connectivity index (χ4n) is 1.41. The number of nitrogens with zero attached hydrogens (tertiary/aromatic N) is 2. The molecular formula is C13H9N3. The molecular weight excluding hydrogens is 198 g/mol. The minimum Gasteiger partial charge on any atom is -0.278 e. The van der Waals surface area contributed by atoms with Crippen LogP contribution in [-0.4, -0.2) is 10.2 Å². The van der Waals surface area contributed by atoms with Crippen molar-refractivity contribution in [3.05, 3.63) is 42.1 Å². The highest BCUT2D eigenvalue weighted by atomic mass is 15.1. The molecule has 0 aliphatic carbocycles. The molecule has 1 N–H and O–H groups in total. The lowest BCUT2D eigenvalue weighted by molar-refractivity contribution is 1.09. The zero-order valence-electron chi connectivity index (χ0n) is 8.57. The Morgan fingerprint density at radius 1 is 1.25 bits per heavy atom. The van der Waals surface area contributed by atoms with E-state index in [1.54, 1.807) is 6.20 Å². The van der Waals surface area contributed by atoms with Crippen LogP contribution in [0.15, 0.2) is 36.5 Å². The first kappa shape index (κ1) is 10.0. The highest BCUT2D eigenvalue weighted by Crippen LogP contribution is 2.20. The van der Waals surface area contributed by atoms with E-state index < -0.39 is 0 Å². The minimum absolute atomic E-state index is 0.247. The van der Waals surface area contributed by atoms with Crippen molar-refractivity contribution in [2.24, 2.45) is 0 Å². The largest absolute Gasteiger partial charge is 0.278 e. The van der Waals surface area contributed by atoms with Crippen LogP contribution in [0.25, 0.3) is 11.3 Å². The van der Waals surface area contributed by atoms with Gasteiger partial charge >= 0.3 is 0 Å². The summed E-state index contributed by atoms with van der Waals surface area (Å²) >= 11 is 0.